The van der Waals surface area contributed by atoms with Gasteiger partial charge in [-0.2, -0.15) is 0 Å². The molecule has 1 atom stereocenters. The Morgan fingerprint density at radius 2 is 2.33 bits per heavy atom. The number of terminal acetylenes is 1. The second-order valence-electron chi connectivity index (χ2n) is 5.44. The number of rotatable bonds is 6. The first-order valence-electron chi connectivity index (χ1n) is 8.20. The zero-order chi connectivity index (χ0) is 17.2. The molecule has 0 radical (unpaired) electrons. The molecule has 0 aromatic heterocycles. The van der Waals surface area contributed by atoms with Crippen LogP contribution in [0.3, 0.4) is 0 Å². The van der Waals surface area contributed by atoms with Crippen LogP contribution < -0.4 is 16.0 Å². The molecule has 0 saturated carbocycles. The van der Waals surface area contributed by atoms with Gasteiger partial charge in [0.2, 0.25) is 0 Å². The number of aliphatic imine (C=N–C) groups is 1. The molecule has 1 heterocycles. The zero-order valence-corrected chi connectivity index (χ0v) is 14.0. The van der Waals surface area contributed by atoms with E-state index in [1.165, 1.54) is 0 Å². The summed E-state index contributed by atoms with van der Waals surface area (Å²) in [5.41, 5.74) is 1.75. The highest BCUT2D eigenvalue weighted by molar-refractivity contribution is 5.94. The molecule has 1 amide bonds. The minimum atomic E-state index is -0.333. The van der Waals surface area contributed by atoms with Gasteiger partial charge in [0.15, 0.2) is 5.96 Å². The minimum absolute atomic E-state index is 0.0859. The van der Waals surface area contributed by atoms with Crippen molar-refractivity contribution in [2.45, 2.75) is 32.4 Å². The molecular formula is C18H24N4O2. The SMILES string of the molecule is C#CCNC(=NCc1cccc(NC(=O)C2CCCO2)c1)NCC. The van der Waals surface area contributed by atoms with Crippen molar-refractivity contribution in [1.29, 1.82) is 0 Å². The Balaban J connectivity index is 1.96. The molecule has 0 spiro atoms. The fraction of sp³-hybridized carbons (Fsp3) is 0.444. The third-order valence-electron chi connectivity index (χ3n) is 3.54. The van der Waals surface area contributed by atoms with Crippen LogP contribution in [-0.4, -0.2) is 37.7 Å². The summed E-state index contributed by atoms with van der Waals surface area (Å²) in [6.07, 6.45) is 6.63. The largest absolute Gasteiger partial charge is 0.368 e. The third kappa shape index (κ3) is 5.60. The topological polar surface area (TPSA) is 74.8 Å². The smallest absolute Gasteiger partial charge is 0.253 e. The van der Waals surface area contributed by atoms with E-state index in [2.05, 4.69) is 26.9 Å². The van der Waals surface area contributed by atoms with Gasteiger partial charge in [0.25, 0.3) is 5.91 Å². The van der Waals surface area contributed by atoms with E-state index in [-0.39, 0.29) is 12.0 Å². The van der Waals surface area contributed by atoms with E-state index < -0.39 is 0 Å². The first-order valence-corrected chi connectivity index (χ1v) is 8.20. The number of guanidine groups is 1. The van der Waals surface area contributed by atoms with Gasteiger partial charge < -0.3 is 20.7 Å². The van der Waals surface area contributed by atoms with Gasteiger partial charge in [0.05, 0.1) is 13.1 Å². The van der Waals surface area contributed by atoms with Crippen molar-refractivity contribution in [2.24, 2.45) is 4.99 Å². The lowest BCUT2D eigenvalue weighted by Crippen LogP contribution is -2.37. The molecule has 1 aliphatic rings. The first-order chi connectivity index (χ1) is 11.7. The average Bonchev–Trinajstić information content (AvgIpc) is 3.12. The van der Waals surface area contributed by atoms with E-state index in [0.717, 1.165) is 30.6 Å². The number of carbonyl (C=O) groups excluding carboxylic acids is 1. The number of nitrogens with zero attached hydrogens (tertiary/aromatic N) is 1. The molecule has 128 valence electrons. The summed E-state index contributed by atoms with van der Waals surface area (Å²) in [4.78, 5) is 16.6. The highest BCUT2D eigenvalue weighted by Gasteiger charge is 2.23. The zero-order valence-electron chi connectivity index (χ0n) is 14.0. The number of hydrogen-bond acceptors (Lipinski definition) is 3. The van der Waals surface area contributed by atoms with Crippen molar-refractivity contribution in [2.75, 3.05) is 25.0 Å². The molecule has 6 heteroatoms. The molecule has 3 N–H and O–H groups in total. The van der Waals surface area contributed by atoms with Crippen LogP contribution >= 0.6 is 0 Å². The van der Waals surface area contributed by atoms with Gasteiger partial charge >= 0.3 is 0 Å². The van der Waals surface area contributed by atoms with Crippen LogP contribution in [-0.2, 0) is 16.1 Å². The maximum Gasteiger partial charge on any atom is 0.253 e. The fourth-order valence-corrected chi connectivity index (χ4v) is 2.40. The van der Waals surface area contributed by atoms with E-state index in [0.29, 0.717) is 25.7 Å². The Labute approximate surface area is 143 Å². The van der Waals surface area contributed by atoms with Crippen LogP contribution in [0.15, 0.2) is 29.3 Å². The number of nitrogens with one attached hydrogen (secondary N) is 3. The number of hydrogen-bond donors (Lipinski definition) is 3. The van der Waals surface area contributed by atoms with Crippen LogP contribution in [0.1, 0.15) is 25.3 Å². The monoisotopic (exact) mass is 328 g/mol. The van der Waals surface area contributed by atoms with Crippen molar-refractivity contribution in [3.8, 4) is 12.3 Å². The molecule has 1 aromatic rings. The van der Waals surface area contributed by atoms with Crippen LogP contribution in [0.4, 0.5) is 5.69 Å². The van der Waals surface area contributed by atoms with Crippen molar-refractivity contribution in [1.82, 2.24) is 10.6 Å². The first kappa shape index (κ1) is 17.8. The molecule has 1 aliphatic heterocycles. The highest BCUT2D eigenvalue weighted by atomic mass is 16.5. The number of anilines is 1. The summed E-state index contributed by atoms with van der Waals surface area (Å²) >= 11 is 0. The normalized spacial score (nSPS) is 17.2. The lowest BCUT2D eigenvalue weighted by molar-refractivity contribution is -0.124. The van der Waals surface area contributed by atoms with Crippen molar-refractivity contribution >= 4 is 17.6 Å². The Bertz CT molecular complexity index is 616. The molecule has 1 aromatic carbocycles. The van der Waals surface area contributed by atoms with Crippen LogP contribution in [0, 0.1) is 12.3 Å². The van der Waals surface area contributed by atoms with E-state index in [1.54, 1.807) is 0 Å². The maximum absolute atomic E-state index is 12.1. The van der Waals surface area contributed by atoms with Crippen LogP contribution in [0.5, 0.6) is 0 Å². The lowest BCUT2D eigenvalue weighted by Gasteiger charge is -2.11. The van der Waals surface area contributed by atoms with Gasteiger partial charge in [-0.1, -0.05) is 18.1 Å². The molecule has 0 aliphatic carbocycles. The van der Waals surface area contributed by atoms with Gasteiger partial charge in [-0.3, -0.25) is 4.79 Å². The lowest BCUT2D eigenvalue weighted by atomic mass is 10.2. The Morgan fingerprint density at radius 3 is 3.04 bits per heavy atom. The molecule has 2 rings (SSSR count). The summed E-state index contributed by atoms with van der Waals surface area (Å²) in [6.45, 7) is 4.32. The molecular weight excluding hydrogens is 304 g/mol. The summed E-state index contributed by atoms with van der Waals surface area (Å²) in [5.74, 6) is 3.11. The molecule has 0 bridgehead atoms. The minimum Gasteiger partial charge on any atom is -0.368 e. The molecule has 1 saturated heterocycles. The van der Waals surface area contributed by atoms with Gasteiger partial charge in [0.1, 0.15) is 6.10 Å². The van der Waals surface area contributed by atoms with Gasteiger partial charge in [-0.05, 0) is 37.5 Å². The molecule has 6 nitrogen and oxygen atoms in total. The standard InChI is InChI=1S/C18H24N4O2/c1-3-10-20-18(19-4-2)21-13-14-7-5-8-15(12-14)22-17(23)16-9-6-11-24-16/h1,5,7-8,12,16H,4,6,9-11,13H2,2H3,(H,22,23)(H2,19,20,21). The predicted octanol–water partition coefficient (Wildman–Crippen LogP) is 1.49. The number of ether oxygens (including phenoxy) is 1. The molecule has 1 unspecified atom stereocenters. The molecule has 1 fully saturated rings. The van der Waals surface area contributed by atoms with Crippen molar-refractivity contribution in [3.05, 3.63) is 29.8 Å². The predicted molar refractivity (Wildman–Crippen MR) is 95.7 cm³/mol. The quantitative estimate of drug-likeness (QED) is 0.420. The van der Waals surface area contributed by atoms with Gasteiger partial charge in [-0.25, -0.2) is 4.99 Å². The Kier molecular flexibility index (Phi) is 7.12. The fourth-order valence-electron chi connectivity index (χ4n) is 2.40. The van der Waals surface area contributed by atoms with E-state index in [9.17, 15) is 4.79 Å². The van der Waals surface area contributed by atoms with Crippen molar-refractivity contribution in [3.63, 3.8) is 0 Å². The van der Waals surface area contributed by atoms with E-state index in [1.807, 2.05) is 31.2 Å². The number of benzene rings is 1. The third-order valence-corrected chi connectivity index (χ3v) is 3.54. The van der Waals surface area contributed by atoms with Crippen LogP contribution in [0.25, 0.3) is 0 Å². The summed E-state index contributed by atoms with van der Waals surface area (Å²) in [7, 11) is 0. The summed E-state index contributed by atoms with van der Waals surface area (Å²) in [5, 5.41) is 9.07. The van der Waals surface area contributed by atoms with E-state index in [4.69, 9.17) is 11.2 Å². The second kappa shape index (κ2) is 9.58. The Morgan fingerprint density at radius 1 is 1.46 bits per heavy atom. The Hall–Kier alpha value is -2.52. The van der Waals surface area contributed by atoms with Gasteiger partial charge in [-0.15, -0.1) is 6.42 Å². The number of carbonyl (C=O) groups is 1. The van der Waals surface area contributed by atoms with E-state index >= 15 is 0 Å². The molecule has 24 heavy (non-hydrogen) atoms. The van der Waals surface area contributed by atoms with Gasteiger partial charge in [0, 0.05) is 18.8 Å². The highest BCUT2D eigenvalue weighted by Crippen LogP contribution is 2.16. The maximum atomic E-state index is 12.1. The average molecular weight is 328 g/mol. The number of amides is 1. The summed E-state index contributed by atoms with van der Waals surface area (Å²) < 4.78 is 5.39. The summed E-state index contributed by atoms with van der Waals surface area (Å²) in [6, 6.07) is 7.65. The second-order valence-corrected chi connectivity index (χ2v) is 5.44. The van der Waals surface area contributed by atoms with Crippen LogP contribution in [0.2, 0.25) is 0 Å². The van der Waals surface area contributed by atoms with Crippen molar-refractivity contribution < 1.29 is 9.53 Å².